The Bertz CT molecular complexity index is 184. The van der Waals surface area contributed by atoms with Crippen molar-refractivity contribution >= 4 is 0 Å². The highest BCUT2D eigenvalue weighted by Gasteiger charge is 2.29. The SMILES string of the molecule is CCCC(C)NC1CCC(C(C)(C)C)CC1. The molecule has 0 aromatic carbocycles. The highest BCUT2D eigenvalue weighted by molar-refractivity contribution is 4.84. The smallest absolute Gasteiger partial charge is 0.00697 e. The molecule has 0 amide bonds. The van der Waals surface area contributed by atoms with Gasteiger partial charge >= 0.3 is 0 Å². The lowest BCUT2D eigenvalue weighted by atomic mass is 9.71. The van der Waals surface area contributed by atoms with Crippen LogP contribution in [0.15, 0.2) is 0 Å². The van der Waals surface area contributed by atoms with Gasteiger partial charge in [0.1, 0.15) is 0 Å². The molecule has 0 saturated heterocycles. The number of hydrogen-bond acceptors (Lipinski definition) is 1. The number of nitrogens with one attached hydrogen (secondary N) is 1. The summed E-state index contributed by atoms with van der Waals surface area (Å²) in [5.41, 5.74) is 0.514. The van der Waals surface area contributed by atoms with Gasteiger partial charge < -0.3 is 5.32 Å². The van der Waals surface area contributed by atoms with Crippen molar-refractivity contribution in [3.63, 3.8) is 0 Å². The monoisotopic (exact) mass is 225 g/mol. The molecule has 0 radical (unpaired) electrons. The second kappa shape index (κ2) is 6.05. The predicted octanol–water partition coefficient (Wildman–Crippen LogP) is 4.37. The van der Waals surface area contributed by atoms with E-state index in [0.717, 1.165) is 12.0 Å². The largest absolute Gasteiger partial charge is 0.312 e. The summed E-state index contributed by atoms with van der Waals surface area (Å²) in [7, 11) is 0. The van der Waals surface area contributed by atoms with Crippen molar-refractivity contribution in [3.8, 4) is 0 Å². The molecule has 1 rings (SSSR count). The van der Waals surface area contributed by atoms with Gasteiger partial charge in [-0.3, -0.25) is 0 Å². The van der Waals surface area contributed by atoms with Gasteiger partial charge in [0.15, 0.2) is 0 Å². The third-order valence-corrected chi connectivity index (χ3v) is 4.19. The fourth-order valence-corrected chi connectivity index (χ4v) is 3.04. The molecule has 1 nitrogen and oxygen atoms in total. The van der Waals surface area contributed by atoms with Crippen molar-refractivity contribution in [2.75, 3.05) is 0 Å². The molecule has 96 valence electrons. The number of hydrogen-bond donors (Lipinski definition) is 1. The molecule has 1 atom stereocenters. The van der Waals surface area contributed by atoms with Crippen LogP contribution in [0.2, 0.25) is 0 Å². The van der Waals surface area contributed by atoms with E-state index in [2.05, 4.69) is 39.9 Å². The molecule has 1 saturated carbocycles. The van der Waals surface area contributed by atoms with Crippen LogP contribution in [0.3, 0.4) is 0 Å². The van der Waals surface area contributed by atoms with Crippen LogP contribution in [0.1, 0.15) is 73.1 Å². The molecule has 16 heavy (non-hydrogen) atoms. The van der Waals surface area contributed by atoms with Gasteiger partial charge in [0.05, 0.1) is 0 Å². The van der Waals surface area contributed by atoms with Gasteiger partial charge in [0.2, 0.25) is 0 Å². The van der Waals surface area contributed by atoms with Gasteiger partial charge in [-0.25, -0.2) is 0 Å². The van der Waals surface area contributed by atoms with Gasteiger partial charge in [-0.1, -0.05) is 34.1 Å². The Morgan fingerprint density at radius 3 is 2.12 bits per heavy atom. The van der Waals surface area contributed by atoms with Crippen LogP contribution in [-0.4, -0.2) is 12.1 Å². The zero-order valence-corrected chi connectivity index (χ0v) is 12.0. The lowest BCUT2D eigenvalue weighted by Crippen LogP contribution is -2.40. The molecule has 1 heteroatoms. The fourth-order valence-electron chi connectivity index (χ4n) is 3.04. The maximum Gasteiger partial charge on any atom is 0.00697 e. The minimum Gasteiger partial charge on any atom is -0.312 e. The first kappa shape index (κ1) is 14.0. The van der Waals surface area contributed by atoms with Crippen LogP contribution in [0, 0.1) is 11.3 Å². The first-order valence-electron chi connectivity index (χ1n) is 7.19. The quantitative estimate of drug-likeness (QED) is 0.749. The minimum atomic E-state index is 0.514. The zero-order chi connectivity index (χ0) is 12.2. The Labute approximate surface area is 102 Å². The van der Waals surface area contributed by atoms with Crippen molar-refractivity contribution in [3.05, 3.63) is 0 Å². The molecule has 1 fully saturated rings. The first-order valence-corrected chi connectivity index (χ1v) is 7.19. The van der Waals surface area contributed by atoms with E-state index in [9.17, 15) is 0 Å². The molecular formula is C15H31N. The van der Waals surface area contributed by atoms with Crippen LogP contribution < -0.4 is 5.32 Å². The molecule has 0 heterocycles. The first-order chi connectivity index (χ1) is 7.43. The third-order valence-electron chi connectivity index (χ3n) is 4.19. The van der Waals surface area contributed by atoms with Crippen LogP contribution in [0.5, 0.6) is 0 Å². The molecule has 0 aromatic rings. The van der Waals surface area contributed by atoms with Gasteiger partial charge in [0, 0.05) is 12.1 Å². The molecule has 1 aliphatic rings. The lowest BCUT2D eigenvalue weighted by Gasteiger charge is -2.38. The average Bonchev–Trinajstić information content (AvgIpc) is 2.17. The van der Waals surface area contributed by atoms with Gasteiger partial charge in [-0.15, -0.1) is 0 Å². The summed E-state index contributed by atoms with van der Waals surface area (Å²) in [5, 5.41) is 3.79. The Morgan fingerprint density at radius 1 is 1.12 bits per heavy atom. The Morgan fingerprint density at radius 2 is 1.69 bits per heavy atom. The molecule has 1 aliphatic carbocycles. The molecule has 0 aromatic heterocycles. The Kier molecular flexibility index (Phi) is 5.30. The lowest BCUT2D eigenvalue weighted by molar-refractivity contribution is 0.156. The van der Waals surface area contributed by atoms with E-state index in [1.807, 2.05) is 0 Å². The summed E-state index contributed by atoms with van der Waals surface area (Å²) in [6, 6.07) is 1.50. The normalized spacial score (nSPS) is 29.1. The highest BCUT2D eigenvalue weighted by atomic mass is 14.9. The molecule has 0 aliphatic heterocycles. The summed E-state index contributed by atoms with van der Waals surface area (Å²) < 4.78 is 0. The zero-order valence-electron chi connectivity index (χ0n) is 12.0. The van der Waals surface area contributed by atoms with Crippen molar-refractivity contribution in [2.24, 2.45) is 11.3 Å². The van der Waals surface area contributed by atoms with Crippen LogP contribution in [0.4, 0.5) is 0 Å². The Balaban J connectivity index is 2.27. The summed E-state index contributed by atoms with van der Waals surface area (Å²) in [4.78, 5) is 0. The standard InChI is InChI=1S/C15H31N/c1-6-7-12(2)16-14-10-8-13(9-11-14)15(3,4)5/h12-14,16H,6-11H2,1-5H3. The van der Waals surface area contributed by atoms with Gasteiger partial charge in [-0.05, 0) is 50.4 Å². The molecular weight excluding hydrogens is 194 g/mol. The summed E-state index contributed by atoms with van der Waals surface area (Å²) in [6.07, 6.45) is 8.22. The maximum atomic E-state index is 3.79. The second-order valence-electron chi connectivity index (χ2n) is 6.77. The van der Waals surface area contributed by atoms with E-state index in [4.69, 9.17) is 0 Å². The van der Waals surface area contributed by atoms with Crippen LogP contribution in [-0.2, 0) is 0 Å². The van der Waals surface area contributed by atoms with Crippen LogP contribution >= 0.6 is 0 Å². The average molecular weight is 225 g/mol. The topological polar surface area (TPSA) is 12.0 Å². The van der Waals surface area contributed by atoms with Gasteiger partial charge in [-0.2, -0.15) is 0 Å². The molecule has 0 spiro atoms. The Hall–Kier alpha value is -0.0400. The van der Waals surface area contributed by atoms with E-state index in [1.165, 1.54) is 38.5 Å². The highest BCUT2D eigenvalue weighted by Crippen LogP contribution is 2.37. The van der Waals surface area contributed by atoms with E-state index in [-0.39, 0.29) is 0 Å². The summed E-state index contributed by atoms with van der Waals surface area (Å²) in [6.45, 7) is 11.8. The molecule has 1 N–H and O–H groups in total. The van der Waals surface area contributed by atoms with E-state index in [0.29, 0.717) is 11.5 Å². The fraction of sp³-hybridized carbons (Fsp3) is 1.00. The van der Waals surface area contributed by atoms with Crippen molar-refractivity contribution in [1.82, 2.24) is 5.32 Å². The summed E-state index contributed by atoms with van der Waals surface area (Å²) >= 11 is 0. The molecule has 0 bridgehead atoms. The van der Waals surface area contributed by atoms with Crippen molar-refractivity contribution < 1.29 is 0 Å². The van der Waals surface area contributed by atoms with E-state index >= 15 is 0 Å². The van der Waals surface area contributed by atoms with Crippen molar-refractivity contribution in [1.29, 1.82) is 0 Å². The van der Waals surface area contributed by atoms with Gasteiger partial charge in [0.25, 0.3) is 0 Å². The maximum absolute atomic E-state index is 3.79. The number of rotatable bonds is 4. The molecule has 1 unspecified atom stereocenters. The van der Waals surface area contributed by atoms with E-state index in [1.54, 1.807) is 0 Å². The van der Waals surface area contributed by atoms with E-state index < -0.39 is 0 Å². The minimum absolute atomic E-state index is 0.514. The third kappa shape index (κ3) is 4.45. The van der Waals surface area contributed by atoms with Crippen molar-refractivity contribution in [2.45, 2.75) is 85.2 Å². The summed E-state index contributed by atoms with van der Waals surface area (Å²) in [5.74, 6) is 0.937. The predicted molar refractivity (Wildman–Crippen MR) is 72.7 cm³/mol. The second-order valence-corrected chi connectivity index (χ2v) is 6.77. The van der Waals surface area contributed by atoms with Crippen LogP contribution in [0.25, 0.3) is 0 Å².